The normalized spacial score (nSPS) is 10.9. The standard InChI is InChI=1S/C13H21BrN2O/c1-4-6-16(7-5-14)10-12-9-13(17-3)8-11(2)15-12/h8-9H,4-7,10H2,1-3H3. The molecule has 0 N–H and O–H groups in total. The quantitative estimate of drug-likeness (QED) is 0.724. The molecule has 0 bridgehead atoms. The summed E-state index contributed by atoms with van der Waals surface area (Å²) in [5, 5.41) is 0.996. The third-order valence-corrected chi connectivity index (χ3v) is 2.90. The van der Waals surface area contributed by atoms with Crippen LogP contribution in [0.25, 0.3) is 0 Å². The molecular formula is C13H21BrN2O. The van der Waals surface area contributed by atoms with E-state index in [2.05, 4.69) is 32.7 Å². The fraction of sp³-hybridized carbons (Fsp3) is 0.615. The van der Waals surface area contributed by atoms with Crippen molar-refractivity contribution in [1.29, 1.82) is 0 Å². The zero-order valence-corrected chi connectivity index (χ0v) is 12.5. The van der Waals surface area contributed by atoms with Crippen LogP contribution >= 0.6 is 15.9 Å². The monoisotopic (exact) mass is 300 g/mol. The van der Waals surface area contributed by atoms with Gasteiger partial charge in [-0.1, -0.05) is 22.9 Å². The lowest BCUT2D eigenvalue weighted by Gasteiger charge is -2.20. The van der Waals surface area contributed by atoms with Crippen molar-refractivity contribution in [3.8, 4) is 5.75 Å². The van der Waals surface area contributed by atoms with E-state index in [4.69, 9.17) is 4.74 Å². The molecule has 0 saturated carbocycles. The van der Waals surface area contributed by atoms with Gasteiger partial charge in [0.1, 0.15) is 5.75 Å². The SMILES string of the molecule is CCCN(CCBr)Cc1cc(OC)cc(C)n1. The highest BCUT2D eigenvalue weighted by molar-refractivity contribution is 9.09. The van der Waals surface area contributed by atoms with Crippen molar-refractivity contribution in [2.24, 2.45) is 0 Å². The molecule has 96 valence electrons. The van der Waals surface area contributed by atoms with Crippen LogP contribution in [0.1, 0.15) is 24.7 Å². The second-order valence-corrected chi connectivity index (χ2v) is 4.90. The van der Waals surface area contributed by atoms with Gasteiger partial charge in [-0.05, 0) is 19.9 Å². The fourth-order valence-corrected chi connectivity index (χ4v) is 2.34. The van der Waals surface area contributed by atoms with Crippen LogP contribution in [0.15, 0.2) is 12.1 Å². The zero-order chi connectivity index (χ0) is 12.7. The summed E-state index contributed by atoms with van der Waals surface area (Å²) >= 11 is 3.49. The number of nitrogens with zero attached hydrogens (tertiary/aromatic N) is 2. The van der Waals surface area contributed by atoms with E-state index in [1.807, 2.05) is 19.1 Å². The van der Waals surface area contributed by atoms with Gasteiger partial charge < -0.3 is 4.74 Å². The second-order valence-electron chi connectivity index (χ2n) is 4.10. The number of alkyl halides is 1. The van der Waals surface area contributed by atoms with Crippen LogP contribution in [0, 0.1) is 6.92 Å². The molecule has 0 aliphatic heterocycles. The molecule has 0 saturated heterocycles. The molecule has 0 aromatic carbocycles. The van der Waals surface area contributed by atoms with Crippen molar-refractivity contribution in [1.82, 2.24) is 9.88 Å². The molecule has 0 aliphatic carbocycles. The van der Waals surface area contributed by atoms with Gasteiger partial charge in [-0.2, -0.15) is 0 Å². The summed E-state index contributed by atoms with van der Waals surface area (Å²) in [6.45, 7) is 7.24. The molecular weight excluding hydrogens is 280 g/mol. The lowest BCUT2D eigenvalue weighted by atomic mass is 10.2. The van der Waals surface area contributed by atoms with Crippen molar-refractivity contribution in [3.63, 3.8) is 0 Å². The number of pyridine rings is 1. The highest BCUT2D eigenvalue weighted by Gasteiger charge is 2.07. The lowest BCUT2D eigenvalue weighted by molar-refractivity contribution is 0.279. The van der Waals surface area contributed by atoms with Crippen LogP contribution in [-0.2, 0) is 6.54 Å². The van der Waals surface area contributed by atoms with E-state index in [0.29, 0.717) is 0 Å². The maximum Gasteiger partial charge on any atom is 0.122 e. The number of hydrogen-bond donors (Lipinski definition) is 0. The molecule has 0 spiro atoms. The third-order valence-electron chi connectivity index (χ3n) is 2.54. The van der Waals surface area contributed by atoms with Crippen molar-refractivity contribution < 1.29 is 4.74 Å². The molecule has 4 heteroatoms. The van der Waals surface area contributed by atoms with E-state index in [1.54, 1.807) is 7.11 Å². The van der Waals surface area contributed by atoms with Crippen molar-refractivity contribution in [3.05, 3.63) is 23.5 Å². The average Bonchev–Trinajstić information content (AvgIpc) is 2.29. The molecule has 0 aliphatic rings. The molecule has 1 aromatic heterocycles. The minimum atomic E-state index is 0.886. The summed E-state index contributed by atoms with van der Waals surface area (Å²) in [4.78, 5) is 6.95. The maximum atomic E-state index is 5.27. The van der Waals surface area contributed by atoms with Crippen molar-refractivity contribution in [2.45, 2.75) is 26.8 Å². The number of methoxy groups -OCH3 is 1. The van der Waals surface area contributed by atoms with Gasteiger partial charge in [-0.3, -0.25) is 9.88 Å². The second kappa shape index (κ2) is 7.67. The maximum absolute atomic E-state index is 5.27. The Bertz CT molecular complexity index is 338. The average molecular weight is 301 g/mol. The Morgan fingerprint density at radius 1 is 1.35 bits per heavy atom. The predicted octanol–water partition coefficient (Wildman–Crippen LogP) is 3.01. The van der Waals surface area contributed by atoms with E-state index in [0.717, 1.165) is 48.5 Å². The molecule has 3 nitrogen and oxygen atoms in total. The number of aromatic nitrogens is 1. The number of aryl methyl sites for hydroxylation is 1. The van der Waals surface area contributed by atoms with E-state index in [9.17, 15) is 0 Å². The first-order chi connectivity index (χ1) is 8.19. The Labute approximate surface area is 112 Å². The van der Waals surface area contributed by atoms with Gasteiger partial charge in [0, 0.05) is 36.2 Å². The molecule has 0 radical (unpaired) electrons. The van der Waals surface area contributed by atoms with Crippen LogP contribution in [0.2, 0.25) is 0 Å². The van der Waals surface area contributed by atoms with E-state index in [-0.39, 0.29) is 0 Å². The molecule has 0 unspecified atom stereocenters. The summed E-state index contributed by atoms with van der Waals surface area (Å²) < 4.78 is 5.27. The summed E-state index contributed by atoms with van der Waals surface area (Å²) in [5.74, 6) is 0.891. The van der Waals surface area contributed by atoms with Gasteiger partial charge in [0.05, 0.1) is 12.8 Å². The van der Waals surface area contributed by atoms with Gasteiger partial charge in [-0.15, -0.1) is 0 Å². The summed E-state index contributed by atoms with van der Waals surface area (Å²) in [6.07, 6.45) is 1.16. The van der Waals surface area contributed by atoms with Gasteiger partial charge in [0.15, 0.2) is 0 Å². The smallest absolute Gasteiger partial charge is 0.122 e. The number of rotatable bonds is 7. The number of hydrogen-bond acceptors (Lipinski definition) is 3. The largest absolute Gasteiger partial charge is 0.497 e. The summed E-state index contributed by atoms with van der Waals surface area (Å²) in [6, 6.07) is 3.97. The summed E-state index contributed by atoms with van der Waals surface area (Å²) in [5.41, 5.74) is 2.09. The van der Waals surface area contributed by atoms with E-state index < -0.39 is 0 Å². The molecule has 1 heterocycles. The van der Waals surface area contributed by atoms with Crippen LogP contribution in [0.3, 0.4) is 0 Å². The van der Waals surface area contributed by atoms with Gasteiger partial charge >= 0.3 is 0 Å². The van der Waals surface area contributed by atoms with Gasteiger partial charge in [0.2, 0.25) is 0 Å². The fourth-order valence-electron chi connectivity index (χ4n) is 1.84. The van der Waals surface area contributed by atoms with E-state index >= 15 is 0 Å². The molecule has 17 heavy (non-hydrogen) atoms. The van der Waals surface area contributed by atoms with Crippen LogP contribution in [0.5, 0.6) is 5.75 Å². The number of halogens is 1. The van der Waals surface area contributed by atoms with Crippen LogP contribution < -0.4 is 4.74 Å². The number of ether oxygens (including phenoxy) is 1. The zero-order valence-electron chi connectivity index (χ0n) is 10.9. The lowest BCUT2D eigenvalue weighted by Crippen LogP contribution is -2.26. The minimum absolute atomic E-state index is 0.886. The molecule has 0 atom stereocenters. The third kappa shape index (κ3) is 5.04. The highest BCUT2D eigenvalue weighted by atomic mass is 79.9. The van der Waals surface area contributed by atoms with Crippen LogP contribution in [-0.4, -0.2) is 35.4 Å². The Morgan fingerprint density at radius 2 is 2.12 bits per heavy atom. The first kappa shape index (κ1) is 14.5. The topological polar surface area (TPSA) is 25.4 Å². The first-order valence-electron chi connectivity index (χ1n) is 5.99. The van der Waals surface area contributed by atoms with Crippen LogP contribution in [0.4, 0.5) is 0 Å². The van der Waals surface area contributed by atoms with Crippen molar-refractivity contribution in [2.75, 3.05) is 25.5 Å². The molecule has 1 rings (SSSR count). The molecule has 0 fully saturated rings. The molecule has 0 amide bonds. The summed E-state index contributed by atoms with van der Waals surface area (Å²) in [7, 11) is 1.70. The van der Waals surface area contributed by atoms with Gasteiger partial charge in [0.25, 0.3) is 0 Å². The van der Waals surface area contributed by atoms with Gasteiger partial charge in [-0.25, -0.2) is 0 Å². The Kier molecular flexibility index (Phi) is 6.52. The highest BCUT2D eigenvalue weighted by Crippen LogP contribution is 2.15. The molecule has 1 aromatic rings. The Hall–Kier alpha value is -0.610. The minimum Gasteiger partial charge on any atom is -0.497 e. The Morgan fingerprint density at radius 3 is 2.71 bits per heavy atom. The van der Waals surface area contributed by atoms with Crippen molar-refractivity contribution >= 4 is 15.9 Å². The van der Waals surface area contributed by atoms with E-state index in [1.165, 1.54) is 0 Å². The predicted molar refractivity (Wildman–Crippen MR) is 74.9 cm³/mol. The first-order valence-corrected chi connectivity index (χ1v) is 7.11. The Balaban J connectivity index is 2.73.